The number of fused-ring (bicyclic) bond motifs is 2. The van der Waals surface area contributed by atoms with Gasteiger partial charge in [0, 0.05) is 37.8 Å². The molecule has 0 aromatic heterocycles. The predicted octanol–water partition coefficient (Wildman–Crippen LogP) is 3.17. The van der Waals surface area contributed by atoms with Crippen molar-refractivity contribution >= 4 is 8.38 Å². The Kier molecular flexibility index (Phi) is 7.02. The Hall–Kier alpha value is 0.592. The molecule has 2 rings (SSSR count). The molecule has 1 saturated heterocycles. The molecule has 104 valence electrons. The molecule has 1 aliphatic heterocycles. The average molecular weight is 506 g/mol. The first-order chi connectivity index (χ1) is 8.63. The standard InChI is InChI=1S/C13H19NO3P.U/c1-5-13-8-10(2)11(9-15-13)12(13)17-18(4)16-7-6-14-3;/h9,11-12H,2,5-8H2,1,4H3;/q-1;/t11-,12+,13+,18?;/m0./s1. The van der Waals surface area contributed by atoms with E-state index >= 15 is 0 Å². The summed E-state index contributed by atoms with van der Waals surface area (Å²) >= 11 is 0. The minimum Gasteiger partial charge on any atom is -0.545 e. The molecule has 1 unspecified atom stereocenters. The second-order valence-corrected chi connectivity index (χ2v) is 6.06. The van der Waals surface area contributed by atoms with E-state index in [-0.39, 0.29) is 48.7 Å². The van der Waals surface area contributed by atoms with Gasteiger partial charge in [-0.15, -0.1) is 6.58 Å². The van der Waals surface area contributed by atoms with Crippen LogP contribution in [0.3, 0.4) is 0 Å². The molecule has 0 spiro atoms. The monoisotopic (exact) mass is 506 g/mol. The number of ether oxygens (including phenoxy) is 1. The van der Waals surface area contributed by atoms with Crippen LogP contribution in [0.2, 0.25) is 0 Å². The van der Waals surface area contributed by atoms with E-state index in [2.05, 4.69) is 18.3 Å². The zero-order chi connectivity index (χ0) is 13.2. The van der Waals surface area contributed by atoms with Gasteiger partial charge in [0.1, 0.15) is 6.61 Å². The summed E-state index contributed by atoms with van der Waals surface area (Å²) in [6, 6.07) is 0. The van der Waals surface area contributed by atoms with Crippen LogP contribution in [0.1, 0.15) is 19.8 Å². The molecule has 1 saturated carbocycles. The molecule has 2 aliphatic rings. The molecule has 0 aromatic rings. The van der Waals surface area contributed by atoms with Crippen LogP contribution in [-0.4, -0.2) is 31.5 Å². The van der Waals surface area contributed by atoms with Crippen molar-refractivity contribution in [2.75, 3.05) is 19.8 Å². The molecular weight excluding hydrogens is 487 g/mol. The first-order valence-corrected chi connectivity index (χ1v) is 7.81. The van der Waals surface area contributed by atoms with Crippen LogP contribution in [0, 0.1) is 50.2 Å². The molecular formula is C13H19NO3PU-. The van der Waals surface area contributed by atoms with Gasteiger partial charge in [-0.1, -0.05) is 18.4 Å². The summed E-state index contributed by atoms with van der Waals surface area (Å²) in [4.78, 5) is 3.26. The number of rotatable bonds is 6. The summed E-state index contributed by atoms with van der Waals surface area (Å²) in [6.45, 7) is 17.5. The first-order valence-electron chi connectivity index (χ1n) is 6.18. The normalized spacial score (nSPS) is 33.8. The van der Waals surface area contributed by atoms with Crippen molar-refractivity contribution in [1.29, 1.82) is 0 Å². The van der Waals surface area contributed by atoms with Gasteiger partial charge in [-0.05, 0) is 12.8 Å². The second kappa shape index (κ2) is 7.56. The van der Waals surface area contributed by atoms with Crippen LogP contribution in [0.5, 0.6) is 0 Å². The van der Waals surface area contributed by atoms with Gasteiger partial charge >= 0.3 is 0 Å². The molecule has 4 atom stereocenters. The summed E-state index contributed by atoms with van der Waals surface area (Å²) in [5.41, 5.74) is 0.958. The van der Waals surface area contributed by atoms with Crippen molar-refractivity contribution in [1.82, 2.24) is 0 Å². The van der Waals surface area contributed by atoms with Gasteiger partial charge in [0.15, 0.2) is 8.38 Å². The maximum Gasteiger partial charge on any atom is 0.238 e. The molecule has 2 bridgehead atoms. The van der Waals surface area contributed by atoms with Gasteiger partial charge in [0.25, 0.3) is 0 Å². The quantitative estimate of drug-likeness (QED) is 0.240. The van der Waals surface area contributed by atoms with E-state index in [9.17, 15) is 0 Å². The van der Waals surface area contributed by atoms with Crippen LogP contribution in [-0.2, 0) is 13.8 Å². The van der Waals surface area contributed by atoms with Crippen molar-refractivity contribution in [3.63, 3.8) is 0 Å². The van der Waals surface area contributed by atoms with Crippen molar-refractivity contribution in [3.05, 3.63) is 30.2 Å². The van der Waals surface area contributed by atoms with Gasteiger partial charge in [-0.25, -0.2) is 13.2 Å². The van der Waals surface area contributed by atoms with E-state index in [1.165, 1.54) is 5.57 Å². The van der Waals surface area contributed by atoms with Crippen LogP contribution >= 0.6 is 8.38 Å². The summed E-state index contributed by atoms with van der Waals surface area (Å²) in [6.07, 6.45) is 1.81. The second-order valence-electron chi connectivity index (χ2n) is 4.71. The van der Waals surface area contributed by atoms with Crippen LogP contribution < -0.4 is 0 Å². The fourth-order valence-electron chi connectivity index (χ4n) is 2.61. The zero-order valence-corrected chi connectivity index (χ0v) is 16.4. The van der Waals surface area contributed by atoms with Gasteiger partial charge in [-0.3, -0.25) is 0 Å². The van der Waals surface area contributed by atoms with Crippen molar-refractivity contribution in [3.8, 4) is 0 Å². The molecule has 0 radical (unpaired) electrons. The summed E-state index contributed by atoms with van der Waals surface area (Å²) < 4.78 is 17.3. The molecule has 4 nitrogen and oxygen atoms in total. The molecule has 1 heterocycles. The minimum absolute atomic E-state index is 0. The fourth-order valence-corrected chi connectivity index (χ4v) is 3.65. The van der Waals surface area contributed by atoms with Crippen molar-refractivity contribution in [2.24, 2.45) is 5.92 Å². The maximum atomic E-state index is 6.71. The van der Waals surface area contributed by atoms with E-state index in [1.807, 2.05) is 13.3 Å². The topological polar surface area (TPSA) is 32.0 Å². The Morgan fingerprint density at radius 3 is 3.00 bits per heavy atom. The van der Waals surface area contributed by atoms with Gasteiger partial charge in [0.2, 0.25) is 6.54 Å². The first kappa shape index (κ1) is 17.6. The van der Waals surface area contributed by atoms with Crippen molar-refractivity contribution < 1.29 is 44.9 Å². The Balaban J connectivity index is 0.00000180. The summed E-state index contributed by atoms with van der Waals surface area (Å²) in [5, 5.41) is 0. The van der Waals surface area contributed by atoms with E-state index in [0.717, 1.165) is 12.8 Å². The van der Waals surface area contributed by atoms with E-state index < -0.39 is 8.38 Å². The summed E-state index contributed by atoms with van der Waals surface area (Å²) in [5.74, 6) is 0.194. The molecule has 19 heavy (non-hydrogen) atoms. The van der Waals surface area contributed by atoms with Crippen molar-refractivity contribution in [2.45, 2.75) is 31.5 Å². The third-order valence-electron chi connectivity index (χ3n) is 3.63. The van der Waals surface area contributed by atoms with Gasteiger partial charge in [-0.2, -0.15) is 0 Å². The Labute approximate surface area is 140 Å². The number of hydrogen-bond donors (Lipinski definition) is 0. The Morgan fingerprint density at radius 1 is 1.68 bits per heavy atom. The fraction of sp³-hybridized carbons (Fsp3) is 0.692. The van der Waals surface area contributed by atoms with E-state index in [4.69, 9.17) is 20.4 Å². The van der Waals surface area contributed by atoms with E-state index in [0.29, 0.717) is 13.2 Å². The number of hydrogen-bond acceptors (Lipinski definition) is 3. The molecule has 0 N–H and O–H groups in total. The zero-order valence-electron chi connectivity index (χ0n) is 11.4. The predicted molar refractivity (Wildman–Crippen MR) is 70.8 cm³/mol. The van der Waals surface area contributed by atoms with Gasteiger partial charge < -0.3 is 18.6 Å². The van der Waals surface area contributed by atoms with Crippen LogP contribution in [0.25, 0.3) is 4.85 Å². The van der Waals surface area contributed by atoms with Crippen LogP contribution in [0.15, 0.2) is 12.2 Å². The Morgan fingerprint density at radius 2 is 2.42 bits per heavy atom. The molecule has 6 heteroatoms. The van der Waals surface area contributed by atoms with Crippen LogP contribution in [0.4, 0.5) is 0 Å². The van der Waals surface area contributed by atoms with E-state index in [1.54, 1.807) is 0 Å². The number of nitrogens with zero attached hydrogens (tertiary/aromatic N) is 1. The molecule has 2 fully saturated rings. The largest absolute Gasteiger partial charge is 0.545 e. The maximum absolute atomic E-state index is 6.71. The van der Waals surface area contributed by atoms with Gasteiger partial charge in [0.05, 0.1) is 11.7 Å². The molecule has 0 aromatic carbocycles. The summed E-state index contributed by atoms with van der Waals surface area (Å²) in [7, 11) is -0.957. The third kappa shape index (κ3) is 3.62. The minimum atomic E-state index is -0.957. The average Bonchev–Trinajstić information content (AvgIpc) is 2.81. The SMILES string of the molecule is [C-]#[N+]CCOP(C)O[C@@H]1[C@H]2[CH-]O[C@]1(CC)CC2=C.[U]. The molecule has 1 aliphatic carbocycles. The Bertz CT molecular complexity index is 373. The molecule has 0 amide bonds. The smallest absolute Gasteiger partial charge is 0.238 e. The third-order valence-corrected chi connectivity index (χ3v) is 4.70.